The minimum Gasteiger partial charge on any atom is -0.510 e. The zero-order valence-electron chi connectivity index (χ0n) is 7.53. The summed E-state index contributed by atoms with van der Waals surface area (Å²) in [4.78, 5) is 0. The van der Waals surface area contributed by atoms with E-state index in [1.54, 1.807) is 0 Å². The molecule has 0 saturated heterocycles. The smallest absolute Gasteiger partial charge is 0.510 e. The summed E-state index contributed by atoms with van der Waals surface area (Å²) >= 11 is 0. The Bertz CT molecular complexity index is 368. The van der Waals surface area contributed by atoms with Gasteiger partial charge in [0.1, 0.15) is 11.5 Å². The normalized spacial score (nSPS) is 11.1. The van der Waals surface area contributed by atoms with Crippen molar-refractivity contribution in [3.05, 3.63) is 24.0 Å². The molecule has 0 heterocycles. The average molecular weight is 240 g/mol. The summed E-state index contributed by atoms with van der Waals surface area (Å²) in [6.07, 6.45) is -4.93. The topological polar surface area (TPSA) is 58.9 Å². The molecule has 9 heteroatoms. The minimum atomic E-state index is -4.93. The molecule has 4 nitrogen and oxygen atoms in total. The SMILES string of the molecule is OB(O)Oc1ccc(OC(F)(F)F)cc1F. The van der Waals surface area contributed by atoms with Gasteiger partial charge in [-0.15, -0.1) is 13.2 Å². The van der Waals surface area contributed by atoms with Gasteiger partial charge in [-0.2, -0.15) is 0 Å². The Balaban J connectivity index is 2.83. The first-order valence-corrected chi connectivity index (χ1v) is 3.86. The Labute approximate surface area is 87.2 Å². The van der Waals surface area contributed by atoms with Crippen LogP contribution in [0.5, 0.6) is 11.5 Å². The first-order valence-electron chi connectivity index (χ1n) is 3.86. The van der Waals surface area contributed by atoms with Crippen LogP contribution in [0.25, 0.3) is 0 Å². The van der Waals surface area contributed by atoms with Gasteiger partial charge in [-0.05, 0) is 12.1 Å². The molecule has 0 unspecified atom stereocenters. The lowest BCUT2D eigenvalue weighted by Gasteiger charge is -2.10. The molecule has 0 aliphatic carbocycles. The number of alkyl halides is 3. The number of ether oxygens (including phenoxy) is 1. The van der Waals surface area contributed by atoms with E-state index in [1.807, 2.05) is 0 Å². The highest BCUT2D eigenvalue weighted by molar-refractivity contribution is 6.33. The Morgan fingerprint density at radius 1 is 1.19 bits per heavy atom. The summed E-state index contributed by atoms with van der Waals surface area (Å²) in [5.41, 5.74) is 0. The number of hydrogen-bond acceptors (Lipinski definition) is 4. The molecule has 2 N–H and O–H groups in total. The second-order valence-electron chi connectivity index (χ2n) is 2.58. The first-order chi connectivity index (χ1) is 7.28. The number of hydrogen-bond donors (Lipinski definition) is 2. The molecular formula is C7H5BF4O4. The molecule has 1 aromatic rings. The van der Waals surface area contributed by atoms with Crippen molar-refractivity contribution in [3.63, 3.8) is 0 Å². The molecule has 0 amide bonds. The average Bonchev–Trinajstić information content (AvgIpc) is 2.06. The van der Waals surface area contributed by atoms with E-state index in [4.69, 9.17) is 10.0 Å². The van der Waals surface area contributed by atoms with Crippen molar-refractivity contribution < 1.29 is 37.0 Å². The fourth-order valence-corrected chi connectivity index (χ4v) is 0.888. The maximum Gasteiger partial charge on any atom is 0.707 e. The van der Waals surface area contributed by atoms with Crippen molar-refractivity contribution in [1.82, 2.24) is 0 Å². The monoisotopic (exact) mass is 240 g/mol. The summed E-state index contributed by atoms with van der Waals surface area (Å²) in [6.45, 7) is 0. The van der Waals surface area contributed by atoms with Crippen LogP contribution in [0.3, 0.4) is 0 Å². The molecule has 88 valence electrons. The van der Waals surface area contributed by atoms with Crippen LogP contribution in [0.1, 0.15) is 0 Å². The number of halogens is 4. The third-order valence-corrected chi connectivity index (χ3v) is 1.37. The third-order valence-electron chi connectivity index (χ3n) is 1.37. The molecule has 0 fully saturated rings. The molecule has 0 saturated carbocycles. The molecule has 1 rings (SSSR count). The maximum absolute atomic E-state index is 13.0. The van der Waals surface area contributed by atoms with E-state index in [2.05, 4.69) is 9.39 Å². The van der Waals surface area contributed by atoms with Crippen LogP contribution in [0, 0.1) is 5.82 Å². The highest BCUT2D eigenvalue weighted by atomic mass is 19.4. The van der Waals surface area contributed by atoms with E-state index >= 15 is 0 Å². The van der Waals surface area contributed by atoms with Crippen LogP contribution < -0.4 is 9.39 Å². The molecule has 0 aromatic heterocycles. The summed E-state index contributed by atoms with van der Waals surface area (Å²) in [5, 5.41) is 16.7. The highest BCUT2D eigenvalue weighted by Gasteiger charge is 2.31. The highest BCUT2D eigenvalue weighted by Crippen LogP contribution is 2.27. The van der Waals surface area contributed by atoms with Crippen LogP contribution in [0.2, 0.25) is 0 Å². The van der Waals surface area contributed by atoms with Crippen molar-refractivity contribution in [2.24, 2.45) is 0 Å². The Morgan fingerprint density at radius 3 is 2.25 bits per heavy atom. The summed E-state index contributed by atoms with van der Waals surface area (Å²) in [5.74, 6) is -2.59. The molecule has 1 aromatic carbocycles. The minimum absolute atomic E-state index is 0.408. The van der Waals surface area contributed by atoms with Gasteiger partial charge < -0.3 is 19.4 Å². The standard InChI is InChI=1S/C7H5BF4O4/c9-5-3-4(15-7(10,11)12)1-2-6(5)16-8(13)14/h1-3,13-14H. The van der Waals surface area contributed by atoms with Crippen molar-refractivity contribution in [1.29, 1.82) is 0 Å². The number of benzene rings is 1. The van der Waals surface area contributed by atoms with Crippen LogP contribution in [0.4, 0.5) is 17.6 Å². The quantitative estimate of drug-likeness (QED) is 0.612. The van der Waals surface area contributed by atoms with Crippen LogP contribution in [-0.4, -0.2) is 23.7 Å². The summed E-state index contributed by atoms with van der Waals surface area (Å²) in [6, 6.07) is 1.95. The van der Waals surface area contributed by atoms with Crippen LogP contribution in [-0.2, 0) is 0 Å². The second kappa shape index (κ2) is 4.58. The maximum atomic E-state index is 13.0. The molecule has 0 bridgehead atoms. The van der Waals surface area contributed by atoms with Gasteiger partial charge in [-0.3, -0.25) is 0 Å². The van der Waals surface area contributed by atoms with E-state index in [0.29, 0.717) is 6.07 Å². The molecule has 0 aliphatic heterocycles. The van der Waals surface area contributed by atoms with E-state index in [0.717, 1.165) is 12.1 Å². The Hall–Kier alpha value is -1.48. The Kier molecular flexibility index (Phi) is 3.60. The zero-order valence-corrected chi connectivity index (χ0v) is 7.53. The van der Waals surface area contributed by atoms with E-state index in [-0.39, 0.29) is 0 Å². The molecule has 0 atom stereocenters. The number of rotatable bonds is 3. The fraction of sp³-hybridized carbons (Fsp3) is 0.143. The van der Waals surface area contributed by atoms with Gasteiger partial charge in [-0.1, -0.05) is 0 Å². The molecular weight excluding hydrogens is 235 g/mol. The fourth-order valence-electron chi connectivity index (χ4n) is 0.888. The van der Waals surface area contributed by atoms with E-state index in [9.17, 15) is 17.6 Å². The van der Waals surface area contributed by atoms with Crippen molar-refractivity contribution in [2.75, 3.05) is 0 Å². The van der Waals surface area contributed by atoms with Gasteiger partial charge in [0, 0.05) is 6.07 Å². The van der Waals surface area contributed by atoms with Crippen molar-refractivity contribution in [3.8, 4) is 11.5 Å². The molecule has 0 spiro atoms. The third kappa shape index (κ3) is 3.95. The molecule has 0 aliphatic rings. The van der Waals surface area contributed by atoms with Gasteiger partial charge in [0.05, 0.1) is 0 Å². The van der Waals surface area contributed by atoms with Crippen molar-refractivity contribution >= 4 is 7.32 Å². The van der Waals surface area contributed by atoms with Crippen LogP contribution in [0.15, 0.2) is 18.2 Å². The largest absolute Gasteiger partial charge is 0.707 e. The van der Waals surface area contributed by atoms with Gasteiger partial charge in [0.25, 0.3) is 0 Å². The Morgan fingerprint density at radius 2 is 1.81 bits per heavy atom. The van der Waals surface area contributed by atoms with E-state index in [1.165, 1.54) is 0 Å². The molecule has 0 radical (unpaired) electrons. The lowest BCUT2D eigenvalue weighted by atomic mass is 10.2. The zero-order chi connectivity index (χ0) is 12.3. The molecule has 16 heavy (non-hydrogen) atoms. The van der Waals surface area contributed by atoms with Crippen molar-refractivity contribution in [2.45, 2.75) is 6.36 Å². The summed E-state index contributed by atoms with van der Waals surface area (Å²) < 4.78 is 55.7. The predicted molar refractivity (Wildman–Crippen MR) is 43.9 cm³/mol. The lowest BCUT2D eigenvalue weighted by molar-refractivity contribution is -0.274. The lowest BCUT2D eigenvalue weighted by Crippen LogP contribution is -2.21. The van der Waals surface area contributed by atoms with Crippen LogP contribution >= 0.6 is 0 Å². The second-order valence-corrected chi connectivity index (χ2v) is 2.58. The van der Waals surface area contributed by atoms with Gasteiger partial charge in [0.2, 0.25) is 0 Å². The van der Waals surface area contributed by atoms with Gasteiger partial charge >= 0.3 is 13.7 Å². The van der Waals surface area contributed by atoms with Gasteiger partial charge in [-0.25, -0.2) is 4.39 Å². The van der Waals surface area contributed by atoms with Gasteiger partial charge in [0.15, 0.2) is 5.82 Å². The first kappa shape index (κ1) is 12.6. The summed E-state index contributed by atoms with van der Waals surface area (Å²) in [7, 11) is -2.26. The van der Waals surface area contributed by atoms with E-state index < -0.39 is 31.0 Å². The predicted octanol–water partition coefficient (Wildman–Crippen LogP) is 1.07.